The van der Waals surface area contributed by atoms with Gasteiger partial charge in [-0.15, -0.1) is 0 Å². The molecule has 21 heavy (non-hydrogen) atoms. The van der Waals surface area contributed by atoms with Gasteiger partial charge in [0.25, 0.3) is 0 Å². The lowest BCUT2D eigenvalue weighted by molar-refractivity contribution is 0.0874. The predicted octanol–water partition coefficient (Wildman–Crippen LogP) is 2.73. The van der Waals surface area contributed by atoms with Crippen molar-refractivity contribution in [1.29, 1.82) is 0 Å². The van der Waals surface area contributed by atoms with Gasteiger partial charge in [0, 0.05) is 25.8 Å². The molecule has 0 spiro atoms. The van der Waals surface area contributed by atoms with Gasteiger partial charge in [0.1, 0.15) is 5.82 Å². The lowest BCUT2D eigenvalue weighted by Gasteiger charge is -2.30. The molecule has 4 nitrogen and oxygen atoms in total. The number of aliphatic hydroxyl groups is 1. The monoisotopic (exact) mass is 293 g/mol. The van der Waals surface area contributed by atoms with E-state index in [0.29, 0.717) is 12.5 Å². The molecule has 2 N–H and O–H groups in total. The van der Waals surface area contributed by atoms with E-state index in [1.165, 1.54) is 5.56 Å². The standard InChI is InChI=1S/C17H31N3O/c1-7-20(12-17(5,6)21)16-14(4)8-15(11-19-16)10-18-9-13(2)3/h8,11,13,18,21H,7,9-10,12H2,1-6H3. The molecule has 1 heterocycles. The summed E-state index contributed by atoms with van der Waals surface area (Å²) < 4.78 is 0. The third-order valence-corrected chi connectivity index (χ3v) is 3.25. The first-order valence-corrected chi connectivity index (χ1v) is 7.86. The minimum absolute atomic E-state index is 0.586. The molecule has 0 saturated carbocycles. The Hall–Kier alpha value is -1.13. The first-order chi connectivity index (χ1) is 9.73. The molecule has 0 saturated heterocycles. The minimum atomic E-state index is -0.721. The number of rotatable bonds is 8. The van der Waals surface area contributed by atoms with Crippen molar-refractivity contribution in [2.24, 2.45) is 5.92 Å². The van der Waals surface area contributed by atoms with Crippen LogP contribution < -0.4 is 10.2 Å². The fourth-order valence-corrected chi connectivity index (χ4v) is 2.36. The number of likely N-dealkylation sites (N-methyl/N-ethyl adjacent to an activating group) is 1. The van der Waals surface area contributed by atoms with Crippen molar-refractivity contribution < 1.29 is 5.11 Å². The number of hydrogen-bond acceptors (Lipinski definition) is 4. The van der Waals surface area contributed by atoms with Gasteiger partial charge < -0.3 is 15.3 Å². The first-order valence-electron chi connectivity index (χ1n) is 7.86. The van der Waals surface area contributed by atoms with Crippen molar-refractivity contribution in [3.8, 4) is 0 Å². The highest BCUT2D eigenvalue weighted by molar-refractivity contribution is 5.47. The van der Waals surface area contributed by atoms with Gasteiger partial charge >= 0.3 is 0 Å². The second-order valence-corrected chi connectivity index (χ2v) is 6.84. The van der Waals surface area contributed by atoms with Gasteiger partial charge in [-0.05, 0) is 57.4 Å². The summed E-state index contributed by atoms with van der Waals surface area (Å²) in [5.74, 6) is 1.62. The molecule has 120 valence electrons. The summed E-state index contributed by atoms with van der Waals surface area (Å²) in [6.45, 7) is 15.5. The molecule has 0 fully saturated rings. The lowest BCUT2D eigenvalue weighted by atomic mass is 10.1. The SMILES string of the molecule is CCN(CC(C)(C)O)c1ncc(CNCC(C)C)cc1C. The Morgan fingerprint density at radius 1 is 1.38 bits per heavy atom. The number of anilines is 1. The zero-order valence-corrected chi connectivity index (χ0v) is 14.4. The third kappa shape index (κ3) is 6.44. The van der Waals surface area contributed by atoms with Crippen LogP contribution in [-0.2, 0) is 6.54 Å². The Bertz CT molecular complexity index is 438. The quantitative estimate of drug-likeness (QED) is 0.774. The largest absolute Gasteiger partial charge is 0.389 e. The van der Waals surface area contributed by atoms with Crippen LogP contribution in [0.1, 0.15) is 45.7 Å². The third-order valence-electron chi connectivity index (χ3n) is 3.25. The molecule has 0 unspecified atom stereocenters. The first kappa shape index (κ1) is 17.9. The predicted molar refractivity (Wildman–Crippen MR) is 89.7 cm³/mol. The van der Waals surface area contributed by atoms with Crippen molar-refractivity contribution in [2.45, 2.75) is 53.7 Å². The van der Waals surface area contributed by atoms with Crippen molar-refractivity contribution in [3.05, 3.63) is 23.4 Å². The summed E-state index contributed by atoms with van der Waals surface area (Å²) in [6, 6.07) is 2.18. The van der Waals surface area contributed by atoms with E-state index in [4.69, 9.17) is 0 Å². The molecule has 0 aliphatic rings. The molecule has 1 rings (SSSR count). The van der Waals surface area contributed by atoms with E-state index < -0.39 is 5.60 Å². The van der Waals surface area contributed by atoms with Crippen molar-refractivity contribution in [3.63, 3.8) is 0 Å². The summed E-state index contributed by atoms with van der Waals surface area (Å²) in [4.78, 5) is 6.73. The summed E-state index contributed by atoms with van der Waals surface area (Å²) in [5, 5.41) is 13.5. The minimum Gasteiger partial charge on any atom is -0.389 e. The maximum absolute atomic E-state index is 10.0. The van der Waals surface area contributed by atoms with Gasteiger partial charge in [0.2, 0.25) is 0 Å². The molecule has 0 atom stereocenters. The fraction of sp³-hybridized carbons (Fsp3) is 0.706. The number of pyridine rings is 1. The molecule has 0 aliphatic carbocycles. The van der Waals surface area contributed by atoms with E-state index >= 15 is 0 Å². The van der Waals surface area contributed by atoms with E-state index in [9.17, 15) is 5.11 Å². The maximum atomic E-state index is 10.0. The molecule has 0 radical (unpaired) electrons. The van der Waals surface area contributed by atoms with Gasteiger partial charge in [-0.1, -0.05) is 13.8 Å². The smallest absolute Gasteiger partial charge is 0.131 e. The molecular formula is C17H31N3O. The maximum Gasteiger partial charge on any atom is 0.131 e. The highest BCUT2D eigenvalue weighted by Gasteiger charge is 2.19. The molecule has 1 aromatic rings. The van der Waals surface area contributed by atoms with Gasteiger partial charge in [0.15, 0.2) is 0 Å². The van der Waals surface area contributed by atoms with E-state index in [1.54, 1.807) is 0 Å². The van der Waals surface area contributed by atoms with Crippen LogP contribution in [0.4, 0.5) is 5.82 Å². The summed E-state index contributed by atoms with van der Waals surface area (Å²) in [6.07, 6.45) is 1.93. The molecule has 0 amide bonds. The van der Waals surface area contributed by atoms with Crippen LogP contribution in [-0.4, -0.2) is 35.3 Å². The van der Waals surface area contributed by atoms with Crippen LogP contribution in [0.5, 0.6) is 0 Å². The Balaban J connectivity index is 2.76. The number of nitrogens with one attached hydrogen (secondary N) is 1. The Labute approximate surface area is 129 Å². The van der Waals surface area contributed by atoms with Crippen molar-refractivity contribution in [1.82, 2.24) is 10.3 Å². The summed E-state index contributed by atoms with van der Waals surface area (Å²) in [7, 11) is 0. The highest BCUT2D eigenvalue weighted by atomic mass is 16.3. The summed E-state index contributed by atoms with van der Waals surface area (Å²) >= 11 is 0. The van der Waals surface area contributed by atoms with E-state index in [2.05, 4.69) is 49.0 Å². The zero-order chi connectivity index (χ0) is 16.0. The average molecular weight is 293 g/mol. The number of aromatic nitrogens is 1. The van der Waals surface area contributed by atoms with Gasteiger partial charge in [0.05, 0.1) is 5.60 Å². The number of nitrogens with zero attached hydrogens (tertiary/aromatic N) is 2. The molecule has 0 aromatic carbocycles. The van der Waals surface area contributed by atoms with Gasteiger partial charge in [-0.2, -0.15) is 0 Å². The topological polar surface area (TPSA) is 48.4 Å². The van der Waals surface area contributed by atoms with E-state index in [0.717, 1.165) is 31.0 Å². The van der Waals surface area contributed by atoms with Crippen LogP contribution in [0, 0.1) is 12.8 Å². The van der Waals surface area contributed by atoms with Crippen molar-refractivity contribution >= 4 is 5.82 Å². The van der Waals surface area contributed by atoms with Crippen LogP contribution >= 0.6 is 0 Å². The second kappa shape index (κ2) is 7.76. The van der Waals surface area contributed by atoms with Gasteiger partial charge in [-0.25, -0.2) is 4.98 Å². The van der Waals surface area contributed by atoms with E-state index in [1.807, 2.05) is 20.0 Å². The van der Waals surface area contributed by atoms with Crippen molar-refractivity contribution in [2.75, 3.05) is 24.5 Å². The Kier molecular flexibility index (Phi) is 6.62. The highest BCUT2D eigenvalue weighted by Crippen LogP contribution is 2.20. The second-order valence-electron chi connectivity index (χ2n) is 6.84. The molecular weight excluding hydrogens is 262 g/mol. The van der Waals surface area contributed by atoms with E-state index in [-0.39, 0.29) is 0 Å². The average Bonchev–Trinajstić information content (AvgIpc) is 2.35. The van der Waals surface area contributed by atoms with Crippen LogP contribution in [0.2, 0.25) is 0 Å². The molecule has 1 aromatic heterocycles. The molecule has 0 aliphatic heterocycles. The lowest BCUT2D eigenvalue weighted by Crippen LogP contribution is -2.39. The van der Waals surface area contributed by atoms with Crippen LogP contribution in [0.15, 0.2) is 12.3 Å². The van der Waals surface area contributed by atoms with Crippen LogP contribution in [0.25, 0.3) is 0 Å². The fourth-order valence-electron chi connectivity index (χ4n) is 2.36. The Morgan fingerprint density at radius 2 is 2.05 bits per heavy atom. The normalized spacial score (nSPS) is 12.0. The van der Waals surface area contributed by atoms with Crippen LogP contribution in [0.3, 0.4) is 0 Å². The number of aryl methyl sites for hydroxylation is 1. The number of hydrogen-bond donors (Lipinski definition) is 2. The summed E-state index contributed by atoms with van der Waals surface area (Å²) in [5.41, 5.74) is 1.64. The Morgan fingerprint density at radius 3 is 2.52 bits per heavy atom. The molecule has 4 heteroatoms. The molecule has 0 bridgehead atoms. The zero-order valence-electron chi connectivity index (χ0n) is 14.4. The van der Waals surface area contributed by atoms with Gasteiger partial charge in [-0.3, -0.25) is 0 Å².